The molecule has 0 aliphatic heterocycles. The number of rotatable bonds is 4. The van der Waals surface area contributed by atoms with Crippen molar-refractivity contribution in [2.75, 3.05) is 0 Å². The molecule has 0 saturated heterocycles. The third-order valence-corrected chi connectivity index (χ3v) is 4.26. The molecule has 1 aliphatic carbocycles. The van der Waals surface area contributed by atoms with Crippen LogP contribution in [0.5, 0.6) is 0 Å². The van der Waals surface area contributed by atoms with Gasteiger partial charge in [0.15, 0.2) is 0 Å². The largest absolute Gasteiger partial charge is 0.299 e. The Morgan fingerprint density at radius 1 is 1.47 bits per heavy atom. The molecular weight excluding hydrogens is 208 g/mol. The number of carbonyl (C=O) groups is 1. The normalized spacial score (nSPS) is 28.5. The molecule has 0 fully saturated rings. The highest BCUT2D eigenvalue weighted by Gasteiger charge is 2.38. The zero-order valence-electron chi connectivity index (χ0n) is 12.0. The predicted octanol–water partition coefficient (Wildman–Crippen LogP) is 4.68. The van der Waals surface area contributed by atoms with Crippen molar-refractivity contribution in [3.8, 4) is 0 Å². The van der Waals surface area contributed by atoms with E-state index in [2.05, 4.69) is 39.8 Å². The van der Waals surface area contributed by atoms with Gasteiger partial charge in [0.05, 0.1) is 0 Å². The molecular formula is C16H26O. The summed E-state index contributed by atoms with van der Waals surface area (Å²) in [5, 5.41) is 0. The highest BCUT2D eigenvalue weighted by atomic mass is 16.1. The molecule has 0 heterocycles. The fraction of sp³-hybridized carbons (Fsp3) is 0.688. The number of carbonyl (C=O) groups excluding carboxylic acids is 1. The lowest BCUT2D eigenvalue weighted by Crippen LogP contribution is -2.35. The number of allylic oxidation sites excluding steroid dienone is 4. The lowest BCUT2D eigenvalue weighted by Gasteiger charge is -2.37. The van der Waals surface area contributed by atoms with Gasteiger partial charge in [-0.3, -0.25) is 4.79 Å². The van der Waals surface area contributed by atoms with Crippen molar-refractivity contribution in [3.63, 3.8) is 0 Å². The lowest BCUT2D eigenvalue weighted by molar-refractivity contribution is -0.128. The van der Waals surface area contributed by atoms with Crippen molar-refractivity contribution in [2.24, 2.45) is 11.3 Å². The molecule has 2 unspecified atom stereocenters. The Labute approximate surface area is 106 Å². The van der Waals surface area contributed by atoms with E-state index in [1.807, 2.05) is 0 Å². The van der Waals surface area contributed by atoms with Gasteiger partial charge in [0.25, 0.3) is 0 Å². The maximum Gasteiger partial charge on any atom is 0.136 e. The fourth-order valence-corrected chi connectivity index (χ4v) is 2.53. The molecule has 0 spiro atoms. The fourth-order valence-electron chi connectivity index (χ4n) is 2.53. The minimum absolute atomic E-state index is 0.130. The molecule has 1 heteroatoms. The molecule has 17 heavy (non-hydrogen) atoms. The van der Waals surface area contributed by atoms with Crippen molar-refractivity contribution in [1.29, 1.82) is 0 Å². The summed E-state index contributed by atoms with van der Waals surface area (Å²) in [5.74, 6) is 0.824. The van der Waals surface area contributed by atoms with E-state index >= 15 is 0 Å². The summed E-state index contributed by atoms with van der Waals surface area (Å²) in [6.07, 6.45) is 8.87. The van der Waals surface area contributed by atoms with Crippen molar-refractivity contribution >= 4 is 5.78 Å². The average Bonchev–Trinajstić information content (AvgIpc) is 2.22. The van der Waals surface area contributed by atoms with Crippen LogP contribution in [0.3, 0.4) is 0 Å². The van der Waals surface area contributed by atoms with Gasteiger partial charge in [-0.2, -0.15) is 0 Å². The van der Waals surface area contributed by atoms with Crippen LogP contribution < -0.4 is 0 Å². The molecule has 0 N–H and O–H groups in total. The number of hydrogen-bond donors (Lipinski definition) is 0. The van der Waals surface area contributed by atoms with Crippen molar-refractivity contribution in [3.05, 3.63) is 23.3 Å². The summed E-state index contributed by atoms with van der Waals surface area (Å²) >= 11 is 0. The first-order chi connectivity index (χ1) is 7.86. The number of hydrogen-bond acceptors (Lipinski definition) is 1. The van der Waals surface area contributed by atoms with Gasteiger partial charge in [0.2, 0.25) is 0 Å². The van der Waals surface area contributed by atoms with Crippen molar-refractivity contribution in [2.45, 2.75) is 60.3 Å². The van der Waals surface area contributed by atoms with Gasteiger partial charge in [-0.25, -0.2) is 0 Å². The molecule has 0 aromatic heterocycles. The smallest absolute Gasteiger partial charge is 0.136 e. The molecule has 0 saturated carbocycles. The van der Waals surface area contributed by atoms with Crippen molar-refractivity contribution in [1.82, 2.24) is 0 Å². The van der Waals surface area contributed by atoms with Crippen LogP contribution in [-0.4, -0.2) is 5.78 Å². The second-order valence-corrected chi connectivity index (χ2v) is 5.97. The third kappa shape index (κ3) is 3.55. The van der Waals surface area contributed by atoms with Gasteiger partial charge in [0, 0.05) is 5.41 Å². The van der Waals surface area contributed by atoms with Gasteiger partial charge >= 0.3 is 0 Å². The molecule has 2 atom stereocenters. The minimum atomic E-state index is -0.130. The van der Waals surface area contributed by atoms with E-state index in [1.165, 1.54) is 11.1 Å². The maximum absolute atomic E-state index is 11.8. The van der Waals surface area contributed by atoms with Crippen LogP contribution in [0.1, 0.15) is 60.3 Å². The van der Waals surface area contributed by atoms with Crippen LogP contribution in [0.25, 0.3) is 0 Å². The van der Waals surface area contributed by atoms with Crippen LogP contribution in [-0.2, 0) is 4.79 Å². The molecule has 0 aromatic rings. The molecule has 0 aromatic carbocycles. The summed E-state index contributed by atoms with van der Waals surface area (Å²) in [4.78, 5) is 11.8. The van der Waals surface area contributed by atoms with E-state index in [-0.39, 0.29) is 5.41 Å². The second kappa shape index (κ2) is 5.66. The first-order valence-electron chi connectivity index (χ1n) is 6.68. The second-order valence-electron chi connectivity index (χ2n) is 5.97. The van der Waals surface area contributed by atoms with Gasteiger partial charge in [-0.15, -0.1) is 0 Å². The van der Waals surface area contributed by atoms with Crippen LogP contribution in [0.15, 0.2) is 23.3 Å². The van der Waals surface area contributed by atoms with Crippen LogP contribution in [0.4, 0.5) is 0 Å². The third-order valence-electron chi connectivity index (χ3n) is 4.26. The number of Topliss-reactive ketones (excluding diaryl/α,β-unsaturated/α-hetero) is 1. The Morgan fingerprint density at radius 3 is 2.65 bits per heavy atom. The average molecular weight is 234 g/mol. The van der Waals surface area contributed by atoms with Gasteiger partial charge in [-0.05, 0) is 52.4 Å². The first kappa shape index (κ1) is 14.2. The van der Waals surface area contributed by atoms with E-state index in [0.717, 1.165) is 25.7 Å². The SMILES string of the molecule is CC(=O)C1(C)CC(CCC=C(C)C)=CCC1C. The van der Waals surface area contributed by atoms with E-state index in [4.69, 9.17) is 0 Å². The summed E-state index contributed by atoms with van der Waals surface area (Å²) in [5.41, 5.74) is 2.72. The zero-order valence-corrected chi connectivity index (χ0v) is 12.0. The lowest BCUT2D eigenvalue weighted by atomic mass is 9.66. The van der Waals surface area contributed by atoms with E-state index in [9.17, 15) is 4.79 Å². The van der Waals surface area contributed by atoms with Crippen molar-refractivity contribution < 1.29 is 4.79 Å². The summed E-state index contributed by atoms with van der Waals surface area (Å²) in [6, 6.07) is 0. The minimum Gasteiger partial charge on any atom is -0.299 e. The van der Waals surface area contributed by atoms with E-state index in [1.54, 1.807) is 6.92 Å². The molecule has 1 aliphatic rings. The topological polar surface area (TPSA) is 17.1 Å². The standard InChI is InChI=1S/C16H26O/c1-12(2)7-6-8-15-10-9-13(3)16(5,11-15)14(4)17/h7,10,13H,6,8-9,11H2,1-5H3. The van der Waals surface area contributed by atoms with Crippen LogP contribution in [0, 0.1) is 11.3 Å². The molecule has 1 nitrogen and oxygen atoms in total. The predicted molar refractivity (Wildman–Crippen MR) is 73.9 cm³/mol. The first-order valence-corrected chi connectivity index (χ1v) is 6.68. The van der Waals surface area contributed by atoms with E-state index in [0.29, 0.717) is 11.7 Å². The molecule has 0 amide bonds. The Balaban J connectivity index is 2.66. The van der Waals surface area contributed by atoms with Gasteiger partial charge in [0.1, 0.15) is 5.78 Å². The monoisotopic (exact) mass is 234 g/mol. The highest BCUT2D eigenvalue weighted by Crippen LogP contribution is 2.42. The molecule has 96 valence electrons. The summed E-state index contributed by atoms with van der Waals surface area (Å²) in [7, 11) is 0. The number of ketones is 1. The van der Waals surface area contributed by atoms with Gasteiger partial charge in [-0.1, -0.05) is 37.1 Å². The Bertz CT molecular complexity index is 345. The Hall–Kier alpha value is -0.850. The molecule has 0 radical (unpaired) electrons. The van der Waals surface area contributed by atoms with Gasteiger partial charge < -0.3 is 0 Å². The Kier molecular flexibility index (Phi) is 4.73. The molecule has 0 bridgehead atoms. The summed E-state index contributed by atoms with van der Waals surface area (Å²) < 4.78 is 0. The van der Waals surface area contributed by atoms with E-state index < -0.39 is 0 Å². The van der Waals surface area contributed by atoms with Crippen LogP contribution >= 0.6 is 0 Å². The zero-order chi connectivity index (χ0) is 13.1. The highest BCUT2D eigenvalue weighted by molar-refractivity contribution is 5.82. The van der Waals surface area contributed by atoms with Crippen LogP contribution in [0.2, 0.25) is 0 Å². The maximum atomic E-state index is 11.8. The summed E-state index contributed by atoms with van der Waals surface area (Å²) in [6.45, 7) is 10.3. The Morgan fingerprint density at radius 2 is 2.12 bits per heavy atom. The quantitative estimate of drug-likeness (QED) is 0.645. The molecule has 1 rings (SSSR count).